The summed E-state index contributed by atoms with van der Waals surface area (Å²) in [4.78, 5) is 0. The van der Waals surface area contributed by atoms with Gasteiger partial charge in [-0.05, 0) is 23.8 Å². The molecule has 1 rings (SSSR count). The van der Waals surface area contributed by atoms with Gasteiger partial charge >= 0.3 is 0 Å². The Balaban J connectivity index is 2.14. The quantitative estimate of drug-likeness (QED) is 0.566. The second-order valence-corrected chi connectivity index (χ2v) is 4.90. The van der Waals surface area contributed by atoms with Gasteiger partial charge in [-0.25, -0.2) is 0 Å². The van der Waals surface area contributed by atoms with Crippen molar-refractivity contribution in [2.75, 3.05) is 30.5 Å². The van der Waals surface area contributed by atoms with Gasteiger partial charge in [-0.3, -0.25) is 0 Å². The van der Waals surface area contributed by atoms with Crippen LogP contribution < -0.4 is 10.5 Å². The van der Waals surface area contributed by atoms with Crippen molar-refractivity contribution in [3.05, 3.63) is 24.3 Å². The number of anilines is 1. The first-order chi connectivity index (χ1) is 7.74. The van der Waals surface area contributed by atoms with E-state index in [1.54, 1.807) is 11.8 Å². The molecule has 1 unspecified atom stereocenters. The minimum absolute atomic E-state index is 0.249. The number of aliphatic hydroxyl groups is 1. The molecular formula is C12H19NO2S. The maximum absolute atomic E-state index is 8.84. The van der Waals surface area contributed by atoms with Gasteiger partial charge in [0.15, 0.2) is 0 Å². The van der Waals surface area contributed by atoms with E-state index in [1.807, 2.05) is 31.2 Å². The molecule has 1 aromatic carbocycles. The van der Waals surface area contributed by atoms with Crippen molar-refractivity contribution >= 4 is 17.4 Å². The van der Waals surface area contributed by atoms with Gasteiger partial charge in [0.25, 0.3) is 0 Å². The number of benzene rings is 1. The van der Waals surface area contributed by atoms with Crippen LogP contribution in [-0.2, 0) is 0 Å². The number of nitrogen functional groups attached to an aromatic ring is 1. The van der Waals surface area contributed by atoms with E-state index in [2.05, 4.69) is 0 Å². The van der Waals surface area contributed by atoms with Crippen LogP contribution in [-0.4, -0.2) is 29.8 Å². The van der Waals surface area contributed by atoms with Crippen LogP contribution in [0.5, 0.6) is 5.75 Å². The highest BCUT2D eigenvalue weighted by atomic mass is 32.2. The molecule has 0 amide bonds. The largest absolute Gasteiger partial charge is 0.491 e. The van der Waals surface area contributed by atoms with Crippen LogP contribution in [0.4, 0.5) is 5.69 Å². The maximum Gasteiger partial charge on any atom is 0.142 e. The highest BCUT2D eigenvalue weighted by Crippen LogP contribution is 2.20. The van der Waals surface area contributed by atoms with Crippen molar-refractivity contribution < 1.29 is 9.84 Å². The normalized spacial score (nSPS) is 12.4. The van der Waals surface area contributed by atoms with Crippen molar-refractivity contribution in [3.63, 3.8) is 0 Å². The first-order valence-corrected chi connectivity index (χ1v) is 6.55. The van der Waals surface area contributed by atoms with Gasteiger partial charge in [0.2, 0.25) is 0 Å². The summed E-state index contributed by atoms with van der Waals surface area (Å²) in [6.45, 7) is 2.93. The summed E-state index contributed by atoms with van der Waals surface area (Å²) >= 11 is 1.79. The number of aliphatic hydroxyl groups excluding tert-OH is 1. The first kappa shape index (κ1) is 13.2. The Morgan fingerprint density at radius 2 is 2.19 bits per heavy atom. The van der Waals surface area contributed by atoms with Crippen LogP contribution in [0.1, 0.15) is 6.92 Å². The van der Waals surface area contributed by atoms with Gasteiger partial charge in [-0.2, -0.15) is 11.8 Å². The number of rotatable bonds is 7. The third-order valence-electron chi connectivity index (χ3n) is 2.12. The van der Waals surface area contributed by atoms with E-state index in [9.17, 15) is 0 Å². The summed E-state index contributed by atoms with van der Waals surface area (Å²) in [7, 11) is 0. The van der Waals surface area contributed by atoms with E-state index in [0.29, 0.717) is 18.2 Å². The average Bonchev–Trinajstić information content (AvgIpc) is 2.30. The number of para-hydroxylation sites is 2. The molecule has 0 radical (unpaired) electrons. The molecule has 0 saturated heterocycles. The molecule has 0 heterocycles. The zero-order valence-corrected chi connectivity index (χ0v) is 10.4. The minimum Gasteiger partial charge on any atom is -0.491 e. The predicted molar refractivity (Wildman–Crippen MR) is 69.9 cm³/mol. The zero-order chi connectivity index (χ0) is 11.8. The van der Waals surface area contributed by atoms with Gasteiger partial charge in [0.05, 0.1) is 12.3 Å². The molecule has 0 aliphatic rings. The zero-order valence-electron chi connectivity index (χ0n) is 9.56. The third-order valence-corrected chi connectivity index (χ3v) is 3.38. The van der Waals surface area contributed by atoms with Crippen LogP contribution in [0.2, 0.25) is 0 Å². The molecule has 1 aromatic rings. The fourth-order valence-electron chi connectivity index (χ4n) is 1.16. The highest BCUT2D eigenvalue weighted by molar-refractivity contribution is 7.99. The summed E-state index contributed by atoms with van der Waals surface area (Å²) in [5.41, 5.74) is 6.42. The first-order valence-electron chi connectivity index (χ1n) is 5.40. The van der Waals surface area contributed by atoms with Crippen LogP contribution in [0.25, 0.3) is 0 Å². The third kappa shape index (κ3) is 4.77. The van der Waals surface area contributed by atoms with Gasteiger partial charge in [0, 0.05) is 12.4 Å². The van der Waals surface area contributed by atoms with Crippen LogP contribution >= 0.6 is 11.8 Å². The van der Waals surface area contributed by atoms with Crippen molar-refractivity contribution in [2.24, 2.45) is 5.92 Å². The Morgan fingerprint density at radius 3 is 2.88 bits per heavy atom. The van der Waals surface area contributed by atoms with E-state index < -0.39 is 0 Å². The number of hydrogen-bond acceptors (Lipinski definition) is 4. The molecule has 0 aliphatic carbocycles. The second kappa shape index (κ2) is 7.41. The van der Waals surface area contributed by atoms with Crippen molar-refractivity contribution in [1.82, 2.24) is 0 Å². The van der Waals surface area contributed by atoms with Crippen LogP contribution in [0.3, 0.4) is 0 Å². The standard InChI is InChI=1S/C12H19NO2S/c1-10(8-14)9-16-7-6-15-12-5-3-2-4-11(12)13/h2-5,10,14H,6-9,13H2,1H3. The topological polar surface area (TPSA) is 55.5 Å². The Hall–Kier alpha value is -0.870. The average molecular weight is 241 g/mol. The molecule has 0 fully saturated rings. The van der Waals surface area contributed by atoms with E-state index in [4.69, 9.17) is 15.6 Å². The number of thioether (sulfide) groups is 1. The van der Waals surface area contributed by atoms with Crippen LogP contribution in [0, 0.1) is 5.92 Å². The van der Waals surface area contributed by atoms with Gasteiger partial charge < -0.3 is 15.6 Å². The lowest BCUT2D eigenvalue weighted by atomic mass is 10.2. The molecule has 0 aliphatic heterocycles. The predicted octanol–water partition coefficient (Wildman–Crippen LogP) is 2.01. The Bertz CT molecular complexity index is 307. The van der Waals surface area contributed by atoms with E-state index in [1.165, 1.54) is 0 Å². The molecule has 0 saturated carbocycles. The summed E-state index contributed by atoms with van der Waals surface area (Å²) < 4.78 is 5.54. The van der Waals surface area contributed by atoms with Gasteiger partial charge in [-0.15, -0.1) is 0 Å². The SMILES string of the molecule is CC(CO)CSCCOc1ccccc1N. The van der Waals surface area contributed by atoms with E-state index >= 15 is 0 Å². The molecule has 90 valence electrons. The van der Waals surface area contributed by atoms with Crippen molar-refractivity contribution in [1.29, 1.82) is 0 Å². The summed E-state index contributed by atoms with van der Waals surface area (Å²) in [5, 5.41) is 8.84. The Kier molecular flexibility index (Phi) is 6.11. The second-order valence-electron chi connectivity index (χ2n) is 3.75. The lowest BCUT2D eigenvalue weighted by Gasteiger charge is -2.09. The summed E-state index contributed by atoms with van der Waals surface area (Å²) in [5.74, 6) is 2.98. The van der Waals surface area contributed by atoms with E-state index in [-0.39, 0.29) is 6.61 Å². The molecule has 3 nitrogen and oxygen atoms in total. The molecular weight excluding hydrogens is 222 g/mol. The summed E-state index contributed by atoms with van der Waals surface area (Å²) in [6, 6.07) is 7.50. The van der Waals surface area contributed by atoms with Crippen molar-refractivity contribution in [3.8, 4) is 5.75 Å². The Morgan fingerprint density at radius 1 is 1.44 bits per heavy atom. The molecule has 16 heavy (non-hydrogen) atoms. The van der Waals surface area contributed by atoms with E-state index in [0.717, 1.165) is 17.3 Å². The van der Waals surface area contributed by atoms with Gasteiger partial charge in [-0.1, -0.05) is 19.1 Å². The lowest BCUT2D eigenvalue weighted by molar-refractivity contribution is 0.250. The molecule has 0 bridgehead atoms. The molecule has 3 N–H and O–H groups in total. The fraction of sp³-hybridized carbons (Fsp3) is 0.500. The molecule has 0 aromatic heterocycles. The van der Waals surface area contributed by atoms with Gasteiger partial charge in [0.1, 0.15) is 5.75 Å². The molecule has 4 heteroatoms. The molecule has 1 atom stereocenters. The lowest BCUT2D eigenvalue weighted by Crippen LogP contribution is -2.07. The fourth-order valence-corrected chi connectivity index (χ4v) is 2.04. The maximum atomic E-state index is 8.84. The molecule has 0 spiro atoms. The summed E-state index contributed by atoms with van der Waals surface area (Å²) in [6.07, 6.45) is 0. The Labute approximate surface area is 101 Å². The van der Waals surface area contributed by atoms with Crippen LogP contribution in [0.15, 0.2) is 24.3 Å². The smallest absolute Gasteiger partial charge is 0.142 e. The van der Waals surface area contributed by atoms with Crippen molar-refractivity contribution in [2.45, 2.75) is 6.92 Å². The number of ether oxygens (including phenoxy) is 1. The number of hydrogen-bond donors (Lipinski definition) is 2. The minimum atomic E-state index is 0.249. The highest BCUT2D eigenvalue weighted by Gasteiger charge is 2.01. The monoisotopic (exact) mass is 241 g/mol. The number of nitrogens with two attached hydrogens (primary N) is 1.